The second-order valence-electron chi connectivity index (χ2n) is 4.60. The summed E-state index contributed by atoms with van der Waals surface area (Å²) < 4.78 is 0.739. The standard InChI is InChI=1S/C12H12N2O2S/c15-13(16)10-3-4-11-9(7-10)8-12(17)14(11)5-1-2-6-14/h3-4,7-8H,1-2,5-6H2. The molecule has 2 heterocycles. The van der Waals surface area contributed by atoms with E-state index in [1.165, 1.54) is 12.8 Å². The van der Waals surface area contributed by atoms with Crippen molar-refractivity contribution >= 4 is 30.1 Å². The minimum absolute atomic E-state index is 0.141. The predicted octanol–water partition coefficient (Wildman–Crippen LogP) is 2.55. The first-order chi connectivity index (χ1) is 8.13. The third kappa shape index (κ3) is 1.39. The van der Waals surface area contributed by atoms with Crippen LogP contribution in [0.1, 0.15) is 18.4 Å². The topological polar surface area (TPSA) is 43.1 Å². The van der Waals surface area contributed by atoms with Gasteiger partial charge in [0.25, 0.3) is 5.69 Å². The molecule has 2 aliphatic heterocycles. The highest BCUT2D eigenvalue weighted by molar-refractivity contribution is 7.63. The van der Waals surface area contributed by atoms with E-state index in [-0.39, 0.29) is 10.6 Å². The van der Waals surface area contributed by atoms with Crippen molar-refractivity contribution < 1.29 is 4.92 Å². The van der Waals surface area contributed by atoms with Crippen molar-refractivity contribution in [1.82, 2.24) is 4.48 Å². The molecule has 2 aliphatic rings. The second kappa shape index (κ2) is 3.51. The van der Waals surface area contributed by atoms with E-state index in [4.69, 9.17) is 12.6 Å². The van der Waals surface area contributed by atoms with Crippen LogP contribution in [0.2, 0.25) is 0 Å². The Morgan fingerprint density at radius 2 is 2.00 bits per heavy atom. The summed E-state index contributed by atoms with van der Waals surface area (Å²) in [6.07, 6.45) is 4.26. The van der Waals surface area contributed by atoms with Crippen LogP contribution >= 0.6 is 0 Å². The summed E-state index contributed by atoms with van der Waals surface area (Å²) in [4.78, 5) is 10.4. The molecule has 0 saturated carbocycles. The molecule has 4 nitrogen and oxygen atoms in total. The third-order valence-electron chi connectivity index (χ3n) is 3.71. The molecule has 1 spiro atoms. The van der Waals surface area contributed by atoms with Crippen molar-refractivity contribution in [3.05, 3.63) is 38.9 Å². The lowest BCUT2D eigenvalue weighted by atomic mass is 10.1. The highest BCUT2D eigenvalue weighted by atomic mass is 32.1. The minimum atomic E-state index is -0.357. The molecule has 0 amide bonds. The van der Waals surface area contributed by atoms with Gasteiger partial charge in [-0.15, -0.1) is 0 Å². The number of nitro groups is 1. The van der Waals surface area contributed by atoms with E-state index in [0.29, 0.717) is 0 Å². The first-order valence-electron chi connectivity index (χ1n) is 5.69. The number of quaternary nitrogens is 1. The molecule has 3 rings (SSSR count). The van der Waals surface area contributed by atoms with Gasteiger partial charge in [0.1, 0.15) is 5.69 Å². The molecule has 0 N–H and O–H groups in total. The number of non-ortho nitro benzene ring substituents is 1. The average molecular weight is 248 g/mol. The van der Waals surface area contributed by atoms with Gasteiger partial charge in [0.2, 0.25) is 0 Å². The quantitative estimate of drug-likeness (QED) is 0.332. The van der Waals surface area contributed by atoms with Crippen LogP contribution in [0.15, 0.2) is 23.2 Å². The second-order valence-corrected chi connectivity index (χ2v) is 5.02. The van der Waals surface area contributed by atoms with Crippen LogP contribution < -0.4 is 4.48 Å². The van der Waals surface area contributed by atoms with Crippen LogP contribution in [0.4, 0.5) is 11.4 Å². The summed E-state index contributed by atoms with van der Waals surface area (Å²) in [5.41, 5.74) is 2.20. The van der Waals surface area contributed by atoms with Crippen molar-refractivity contribution in [2.75, 3.05) is 13.1 Å². The Labute approximate surface area is 105 Å². The number of hydrogen-bond donors (Lipinski definition) is 0. The Kier molecular flexibility index (Phi) is 2.21. The fraction of sp³-hybridized carbons (Fsp3) is 0.333. The van der Waals surface area contributed by atoms with Gasteiger partial charge in [-0.05, 0) is 11.1 Å². The van der Waals surface area contributed by atoms with E-state index in [9.17, 15) is 10.1 Å². The van der Waals surface area contributed by atoms with Gasteiger partial charge in [0.05, 0.1) is 18.0 Å². The fourth-order valence-electron chi connectivity index (χ4n) is 2.87. The maximum Gasteiger partial charge on any atom is 0.270 e. The average Bonchev–Trinajstić information content (AvgIpc) is 2.87. The lowest BCUT2D eigenvalue weighted by Crippen LogP contribution is -2.42. The van der Waals surface area contributed by atoms with Gasteiger partial charge in [0, 0.05) is 36.6 Å². The number of rotatable bonds is 1. The van der Waals surface area contributed by atoms with Gasteiger partial charge >= 0.3 is 0 Å². The summed E-state index contributed by atoms with van der Waals surface area (Å²) in [6, 6.07) is 5.08. The van der Waals surface area contributed by atoms with Crippen molar-refractivity contribution in [1.29, 1.82) is 0 Å². The zero-order valence-corrected chi connectivity index (χ0v) is 10.1. The first kappa shape index (κ1) is 10.7. The molecule has 1 aromatic rings. The molecule has 0 atom stereocenters. The molecule has 1 fully saturated rings. The molecule has 5 heteroatoms. The van der Waals surface area contributed by atoms with Gasteiger partial charge < -0.3 is 12.6 Å². The summed E-state index contributed by atoms with van der Waals surface area (Å²) in [5.74, 6) is 0. The fourth-order valence-corrected chi connectivity index (χ4v) is 3.28. The van der Waals surface area contributed by atoms with E-state index >= 15 is 0 Å². The molecular weight excluding hydrogens is 236 g/mol. The van der Waals surface area contributed by atoms with Crippen LogP contribution in [0.5, 0.6) is 0 Å². The maximum absolute atomic E-state index is 10.7. The summed E-state index contributed by atoms with van der Waals surface area (Å²) in [7, 11) is 0. The molecule has 0 unspecified atom stereocenters. The van der Waals surface area contributed by atoms with Crippen molar-refractivity contribution in [2.24, 2.45) is 0 Å². The Hall–Kier alpha value is -1.46. The van der Waals surface area contributed by atoms with Crippen LogP contribution in [0.3, 0.4) is 0 Å². The first-order valence-corrected chi connectivity index (χ1v) is 6.10. The van der Waals surface area contributed by atoms with Crippen LogP contribution in [0.25, 0.3) is 6.08 Å². The molecule has 1 saturated heterocycles. The number of nitro benzene ring substituents is 1. The maximum atomic E-state index is 10.7. The van der Waals surface area contributed by atoms with E-state index in [0.717, 1.165) is 33.9 Å². The Morgan fingerprint density at radius 3 is 2.65 bits per heavy atom. The van der Waals surface area contributed by atoms with Gasteiger partial charge in [0.15, 0.2) is 0 Å². The number of nitrogens with zero attached hydrogens (tertiary/aromatic N) is 2. The molecule has 1 aromatic carbocycles. The summed E-state index contributed by atoms with van der Waals surface area (Å²) in [6.45, 7) is 2.06. The normalized spacial score (nSPS) is 20.4. The van der Waals surface area contributed by atoms with Crippen LogP contribution in [0, 0.1) is 10.1 Å². The summed E-state index contributed by atoms with van der Waals surface area (Å²) >= 11 is 5.45. The molecule has 17 heavy (non-hydrogen) atoms. The van der Waals surface area contributed by atoms with Gasteiger partial charge in [-0.25, -0.2) is 0 Å². The molecule has 0 aliphatic carbocycles. The number of fused-ring (bicyclic) bond motifs is 2. The lowest BCUT2D eigenvalue weighted by Gasteiger charge is -2.36. The highest BCUT2D eigenvalue weighted by Crippen LogP contribution is 2.44. The molecule has 0 aromatic heterocycles. The Bertz CT molecular complexity index is 533. The number of hydrogen-bond acceptors (Lipinski definition) is 3. The minimum Gasteiger partial charge on any atom is -0.721 e. The van der Waals surface area contributed by atoms with E-state index < -0.39 is 0 Å². The van der Waals surface area contributed by atoms with E-state index in [1.807, 2.05) is 12.1 Å². The van der Waals surface area contributed by atoms with Gasteiger partial charge in [-0.3, -0.25) is 14.6 Å². The monoisotopic (exact) mass is 248 g/mol. The van der Waals surface area contributed by atoms with E-state index in [2.05, 4.69) is 0 Å². The molecule has 88 valence electrons. The van der Waals surface area contributed by atoms with Crippen LogP contribution in [-0.4, -0.2) is 18.0 Å². The SMILES string of the molecule is O=[N+]([O-])c1ccc2c(c1)C=C([S-])[N+]21CCCC1. The predicted molar refractivity (Wildman–Crippen MR) is 69.2 cm³/mol. The zero-order valence-electron chi connectivity index (χ0n) is 9.26. The molecular formula is C12H12N2O2S. The van der Waals surface area contributed by atoms with Crippen molar-refractivity contribution in [2.45, 2.75) is 12.8 Å². The number of benzene rings is 1. The summed E-state index contributed by atoms with van der Waals surface area (Å²) in [5, 5.41) is 11.6. The third-order valence-corrected chi connectivity index (χ3v) is 4.18. The largest absolute Gasteiger partial charge is 0.721 e. The lowest BCUT2D eigenvalue weighted by molar-refractivity contribution is -0.384. The van der Waals surface area contributed by atoms with Crippen molar-refractivity contribution in [3.63, 3.8) is 0 Å². The van der Waals surface area contributed by atoms with Crippen LogP contribution in [-0.2, 0) is 12.6 Å². The highest BCUT2D eigenvalue weighted by Gasteiger charge is 2.39. The van der Waals surface area contributed by atoms with E-state index in [1.54, 1.807) is 12.1 Å². The molecule has 0 radical (unpaired) electrons. The van der Waals surface area contributed by atoms with Crippen molar-refractivity contribution in [3.8, 4) is 0 Å². The zero-order chi connectivity index (χ0) is 12.0. The van der Waals surface area contributed by atoms with Gasteiger partial charge in [-0.2, -0.15) is 0 Å². The molecule has 0 bridgehead atoms. The Balaban J connectivity index is 2.14. The Morgan fingerprint density at radius 1 is 1.29 bits per heavy atom. The van der Waals surface area contributed by atoms with Gasteiger partial charge in [-0.1, -0.05) is 0 Å². The smallest absolute Gasteiger partial charge is 0.270 e.